The van der Waals surface area contributed by atoms with Gasteiger partial charge in [-0.15, -0.1) is 0 Å². The van der Waals surface area contributed by atoms with Gasteiger partial charge >= 0.3 is 0 Å². The van der Waals surface area contributed by atoms with Gasteiger partial charge in [0, 0.05) is 25.0 Å². The molecule has 0 saturated carbocycles. The molecule has 2 aromatic rings. The molecule has 102 valence electrons. The van der Waals surface area contributed by atoms with E-state index in [0.717, 1.165) is 24.2 Å². The van der Waals surface area contributed by atoms with Gasteiger partial charge < -0.3 is 10.6 Å². The van der Waals surface area contributed by atoms with Crippen LogP contribution in [0.4, 0.5) is 10.1 Å². The molecule has 2 N–H and O–H groups in total. The van der Waals surface area contributed by atoms with Gasteiger partial charge in [-0.25, -0.2) is 4.39 Å². The Balaban J connectivity index is 1.85. The molecule has 0 radical (unpaired) electrons. The van der Waals surface area contributed by atoms with Gasteiger partial charge in [0.2, 0.25) is 0 Å². The summed E-state index contributed by atoms with van der Waals surface area (Å²) in [7, 11) is 0. The zero-order valence-corrected chi connectivity index (χ0v) is 11.7. The predicted octanol–water partition coefficient (Wildman–Crippen LogP) is 2.42. The number of nitrogens with zero attached hydrogens (tertiary/aromatic N) is 2. The lowest BCUT2D eigenvalue weighted by atomic mass is 10.1. The molecule has 1 aromatic carbocycles. The summed E-state index contributed by atoms with van der Waals surface area (Å²) in [5.41, 5.74) is 9.44. The number of halogens is 1. The Morgan fingerprint density at radius 2 is 2.20 bits per heavy atom. The minimum absolute atomic E-state index is 0.200. The van der Waals surface area contributed by atoms with Crippen LogP contribution in [0.25, 0.3) is 0 Å². The van der Waals surface area contributed by atoms with Crippen molar-refractivity contribution in [1.82, 2.24) is 4.98 Å². The fourth-order valence-corrected chi connectivity index (χ4v) is 2.62. The van der Waals surface area contributed by atoms with Crippen molar-refractivity contribution in [3.63, 3.8) is 0 Å². The van der Waals surface area contributed by atoms with Crippen LogP contribution >= 0.6 is 12.2 Å². The molecule has 3 rings (SSSR count). The quantitative estimate of drug-likeness (QED) is 0.880. The van der Waals surface area contributed by atoms with Crippen molar-refractivity contribution >= 4 is 22.9 Å². The van der Waals surface area contributed by atoms with Crippen LogP contribution < -0.4 is 10.6 Å². The molecule has 20 heavy (non-hydrogen) atoms. The van der Waals surface area contributed by atoms with Crippen LogP contribution in [0.1, 0.15) is 16.8 Å². The molecule has 0 saturated heterocycles. The lowest BCUT2D eigenvalue weighted by molar-refractivity contribution is 0.627. The number of nitrogens with two attached hydrogens (primary N) is 1. The summed E-state index contributed by atoms with van der Waals surface area (Å²) in [6, 6.07) is 8.79. The van der Waals surface area contributed by atoms with E-state index in [-0.39, 0.29) is 5.82 Å². The van der Waals surface area contributed by atoms with Gasteiger partial charge in [-0.1, -0.05) is 18.3 Å². The minimum Gasteiger partial charge on any atom is -0.388 e. The molecule has 2 heterocycles. The van der Waals surface area contributed by atoms with E-state index in [2.05, 4.69) is 9.88 Å². The van der Waals surface area contributed by atoms with Gasteiger partial charge in [0.25, 0.3) is 0 Å². The average molecular weight is 287 g/mol. The molecule has 0 unspecified atom stereocenters. The first-order valence-electron chi connectivity index (χ1n) is 6.41. The molecule has 1 aliphatic heterocycles. The topological polar surface area (TPSA) is 42.1 Å². The first-order valence-corrected chi connectivity index (χ1v) is 6.82. The van der Waals surface area contributed by atoms with E-state index < -0.39 is 0 Å². The van der Waals surface area contributed by atoms with Crippen LogP contribution in [-0.4, -0.2) is 16.5 Å². The number of anilines is 1. The fourth-order valence-electron chi connectivity index (χ4n) is 2.51. The molecule has 0 fully saturated rings. The summed E-state index contributed by atoms with van der Waals surface area (Å²) >= 11 is 4.94. The van der Waals surface area contributed by atoms with E-state index in [1.807, 2.05) is 18.2 Å². The second kappa shape index (κ2) is 5.17. The van der Waals surface area contributed by atoms with Gasteiger partial charge in [-0.2, -0.15) is 0 Å². The monoisotopic (exact) mass is 287 g/mol. The summed E-state index contributed by atoms with van der Waals surface area (Å²) in [6.45, 7) is 1.60. The fraction of sp³-hybridized carbons (Fsp3) is 0.200. The van der Waals surface area contributed by atoms with E-state index in [1.54, 1.807) is 12.3 Å². The van der Waals surface area contributed by atoms with Gasteiger partial charge in [0.15, 0.2) is 0 Å². The van der Waals surface area contributed by atoms with Crippen LogP contribution in [0.15, 0.2) is 36.5 Å². The number of aromatic nitrogens is 1. The first-order chi connectivity index (χ1) is 9.63. The Bertz CT molecular complexity index is 672. The highest BCUT2D eigenvalue weighted by Gasteiger charge is 2.19. The van der Waals surface area contributed by atoms with Crippen molar-refractivity contribution in [3.05, 3.63) is 59.2 Å². The van der Waals surface area contributed by atoms with Crippen LogP contribution in [0.2, 0.25) is 0 Å². The third kappa shape index (κ3) is 2.49. The largest absolute Gasteiger partial charge is 0.388 e. The zero-order valence-electron chi connectivity index (χ0n) is 10.8. The maximum absolute atomic E-state index is 13.4. The maximum atomic E-state index is 13.4. The van der Waals surface area contributed by atoms with Crippen molar-refractivity contribution in [3.8, 4) is 0 Å². The van der Waals surface area contributed by atoms with Crippen LogP contribution in [-0.2, 0) is 13.0 Å². The van der Waals surface area contributed by atoms with Crippen molar-refractivity contribution < 1.29 is 4.39 Å². The molecule has 0 bridgehead atoms. The van der Waals surface area contributed by atoms with E-state index >= 15 is 0 Å². The number of fused-ring (bicyclic) bond motifs is 1. The summed E-state index contributed by atoms with van der Waals surface area (Å²) in [6.07, 6.45) is 2.65. The summed E-state index contributed by atoms with van der Waals surface area (Å²) < 4.78 is 13.4. The molecular formula is C15H14FN3S. The molecule has 0 amide bonds. The third-order valence-corrected chi connectivity index (χ3v) is 3.70. The number of pyridine rings is 1. The van der Waals surface area contributed by atoms with E-state index in [1.165, 1.54) is 11.6 Å². The van der Waals surface area contributed by atoms with Gasteiger partial charge in [-0.05, 0) is 41.8 Å². The standard InChI is InChI=1S/C15H14FN3S/c16-12-2-1-11-4-6-19(14(11)8-12)9-10-3-5-18-13(7-10)15(17)20/h1-3,5,7-8H,4,6,9H2,(H2,17,20). The SMILES string of the molecule is NC(=S)c1cc(CN2CCc3ccc(F)cc32)ccn1. The Hall–Kier alpha value is -2.01. The second-order valence-corrected chi connectivity index (χ2v) is 5.30. The number of hydrogen-bond acceptors (Lipinski definition) is 3. The Morgan fingerprint density at radius 1 is 1.35 bits per heavy atom. The van der Waals surface area contributed by atoms with Gasteiger partial charge in [0.05, 0.1) is 5.69 Å². The van der Waals surface area contributed by atoms with Crippen LogP contribution in [0.5, 0.6) is 0 Å². The van der Waals surface area contributed by atoms with Crippen molar-refractivity contribution in [2.75, 3.05) is 11.4 Å². The van der Waals surface area contributed by atoms with E-state index in [0.29, 0.717) is 17.2 Å². The summed E-state index contributed by atoms with van der Waals surface area (Å²) in [4.78, 5) is 6.58. The van der Waals surface area contributed by atoms with E-state index in [9.17, 15) is 4.39 Å². The van der Waals surface area contributed by atoms with Gasteiger partial charge in [-0.3, -0.25) is 4.98 Å². The lowest BCUT2D eigenvalue weighted by Gasteiger charge is -2.19. The lowest BCUT2D eigenvalue weighted by Crippen LogP contribution is -2.20. The maximum Gasteiger partial charge on any atom is 0.125 e. The summed E-state index contributed by atoms with van der Waals surface area (Å²) in [5, 5.41) is 0. The smallest absolute Gasteiger partial charge is 0.125 e. The number of rotatable bonds is 3. The number of thiocarbonyl (C=S) groups is 1. The molecule has 1 aliphatic rings. The second-order valence-electron chi connectivity index (χ2n) is 4.86. The molecule has 0 atom stereocenters. The van der Waals surface area contributed by atoms with Crippen molar-refractivity contribution in [2.24, 2.45) is 5.73 Å². The highest BCUT2D eigenvalue weighted by molar-refractivity contribution is 7.80. The molecule has 1 aromatic heterocycles. The molecule has 0 spiro atoms. The van der Waals surface area contributed by atoms with Crippen LogP contribution in [0.3, 0.4) is 0 Å². The number of benzene rings is 1. The van der Waals surface area contributed by atoms with Gasteiger partial charge in [0.1, 0.15) is 10.8 Å². The third-order valence-electron chi connectivity index (χ3n) is 3.49. The zero-order chi connectivity index (χ0) is 14.1. The molecular weight excluding hydrogens is 273 g/mol. The normalized spacial score (nSPS) is 13.3. The highest BCUT2D eigenvalue weighted by atomic mass is 32.1. The molecule has 5 heteroatoms. The Morgan fingerprint density at radius 3 is 3.00 bits per heavy atom. The first kappa shape index (κ1) is 13.0. The Kier molecular flexibility index (Phi) is 3.36. The predicted molar refractivity (Wildman–Crippen MR) is 81.3 cm³/mol. The average Bonchev–Trinajstić information content (AvgIpc) is 2.82. The Labute approximate surface area is 122 Å². The minimum atomic E-state index is -0.200. The highest BCUT2D eigenvalue weighted by Crippen LogP contribution is 2.29. The van der Waals surface area contributed by atoms with Crippen molar-refractivity contribution in [1.29, 1.82) is 0 Å². The van der Waals surface area contributed by atoms with Crippen molar-refractivity contribution in [2.45, 2.75) is 13.0 Å². The molecule has 0 aliphatic carbocycles. The van der Waals surface area contributed by atoms with Crippen LogP contribution in [0, 0.1) is 5.82 Å². The number of hydrogen-bond donors (Lipinski definition) is 1. The molecule has 3 nitrogen and oxygen atoms in total. The summed E-state index contributed by atoms with van der Waals surface area (Å²) in [5.74, 6) is -0.200. The van der Waals surface area contributed by atoms with E-state index in [4.69, 9.17) is 18.0 Å².